The number of hydrogen-bond acceptors (Lipinski definition) is 3. The second-order valence-corrected chi connectivity index (χ2v) is 5.66. The first-order chi connectivity index (χ1) is 8.36. The first-order valence-electron chi connectivity index (χ1n) is 6.85. The van der Waals surface area contributed by atoms with Crippen molar-refractivity contribution in [3.63, 3.8) is 0 Å². The lowest BCUT2D eigenvalue weighted by atomic mass is 10.0. The minimum absolute atomic E-state index is 0.221. The standard InChI is InChI=1S/C14H28N4/c1-7-12(15)8-13-11(4)16-18(6)14(13)17(5)9-10(2)3/h10,12H,7-9,15H2,1-6H3. The Morgan fingerprint density at radius 3 is 2.50 bits per heavy atom. The van der Waals surface area contributed by atoms with Gasteiger partial charge in [-0.05, 0) is 25.7 Å². The fraction of sp³-hybridized carbons (Fsp3) is 0.786. The molecular weight excluding hydrogens is 224 g/mol. The third kappa shape index (κ3) is 3.48. The van der Waals surface area contributed by atoms with Crippen LogP contribution in [0.5, 0.6) is 0 Å². The summed E-state index contributed by atoms with van der Waals surface area (Å²) in [6, 6.07) is 0.221. The number of rotatable bonds is 6. The molecule has 1 heterocycles. The van der Waals surface area contributed by atoms with E-state index >= 15 is 0 Å². The van der Waals surface area contributed by atoms with Gasteiger partial charge < -0.3 is 10.6 Å². The first kappa shape index (κ1) is 15.0. The van der Waals surface area contributed by atoms with Gasteiger partial charge in [0.25, 0.3) is 0 Å². The van der Waals surface area contributed by atoms with E-state index in [4.69, 9.17) is 5.73 Å². The van der Waals surface area contributed by atoms with Crippen molar-refractivity contribution in [2.75, 3.05) is 18.5 Å². The third-order valence-corrected chi connectivity index (χ3v) is 3.30. The molecule has 4 nitrogen and oxygen atoms in total. The molecule has 0 aromatic carbocycles. The molecule has 1 rings (SSSR count). The smallest absolute Gasteiger partial charge is 0.129 e. The van der Waals surface area contributed by atoms with Gasteiger partial charge in [-0.25, -0.2) is 0 Å². The molecule has 0 bridgehead atoms. The van der Waals surface area contributed by atoms with Crippen LogP contribution in [-0.4, -0.2) is 29.4 Å². The molecule has 104 valence electrons. The quantitative estimate of drug-likeness (QED) is 0.843. The molecule has 1 aromatic rings. The summed E-state index contributed by atoms with van der Waals surface area (Å²) < 4.78 is 1.98. The average molecular weight is 252 g/mol. The zero-order chi connectivity index (χ0) is 13.9. The highest BCUT2D eigenvalue weighted by molar-refractivity contribution is 5.50. The van der Waals surface area contributed by atoms with Crippen LogP contribution in [0.25, 0.3) is 0 Å². The van der Waals surface area contributed by atoms with Crippen molar-refractivity contribution in [3.05, 3.63) is 11.3 Å². The molecule has 0 radical (unpaired) electrons. The van der Waals surface area contributed by atoms with Crippen LogP contribution in [0.1, 0.15) is 38.4 Å². The number of nitrogens with two attached hydrogens (primary N) is 1. The molecule has 1 atom stereocenters. The molecule has 0 saturated heterocycles. The molecule has 0 fully saturated rings. The minimum atomic E-state index is 0.221. The zero-order valence-electron chi connectivity index (χ0n) is 12.7. The summed E-state index contributed by atoms with van der Waals surface area (Å²) in [7, 11) is 4.15. The maximum Gasteiger partial charge on any atom is 0.129 e. The summed E-state index contributed by atoms with van der Waals surface area (Å²) in [6.07, 6.45) is 1.91. The second kappa shape index (κ2) is 6.23. The molecule has 0 aliphatic carbocycles. The highest BCUT2D eigenvalue weighted by Gasteiger charge is 2.19. The average Bonchev–Trinajstić information content (AvgIpc) is 2.52. The van der Waals surface area contributed by atoms with Crippen LogP contribution in [0.15, 0.2) is 0 Å². The summed E-state index contributed by atoms with van der Waals surface area (Å²) in [4.78, 5) is 2.29. The van der Waals surface area contributed by atoms with Crippen molar-refractivity contribution >= 4 is 5.82 Å². The van der Waals surface area contributed by atoms with E-state index in [1.165, 1.54) is 11.4 Å². The Morgan fingerprint density at radius 1 is 1.39 bits per heavy atom. The Bertz CT molecular complexity index is 381. The van der Waals surface area contributed by atoms with Gasteiger partial charge in [0.05, 0.1) is 5.69 Å². The van der Waals surface area contributed by atoms with Gasteiger partial charge in [-0.2, -0.15) is 5.10 Å². The van der Waals surface area contributed by atoms with Gasteiger partial charge >= 0.3 is 0 Å². The number of aromatic nitrogens is 2. The molecular formula is C14H28N4. The van der Waals surface area contributed by atoms with Crippen LogP contribution in [0.2, 0.25) is 0 Å². The largest absolute Gasteiger partial charge is 0.359 e. The van der Waals surface area contributed by atoms with Crippen LogP contribution >= 0.6 is 0 Å². The molecule has 0 saturated carbocycles. The molecule has 1 unspecified atom stereocenters. The van der Waals surface area contributed by atoms with Crippen LogP contribution in [-0.2, 0) is 13.5 Å². The molecule has 0 aliphatic heterocycles. The van der Waals surface area contributed by atoms with Gasteiger partial charge in [0.2, 0.25) is 0 Å². The Hall–Kier alpha value is -1.03. The van der Waals surface area contributed by atoms with E-state index in [1.54, 1.807) is 0 Å². The van der Waals surface area contributed by atoms with Crippen LogP contribution in [0, 0.1) is 12.8 Å². The highest BCUT2D eigenvalue weighted by Crippen LogP contribution is 2.24. The topological polar surface area (TPSA) is 47.1 Å². The number of aryl methyl sites for hydroxylation is 2. The number of nitrogens with zero attached hydrogens (tertiary/aromatic N) is 3. The van der Waals surface area contributed by atoms with Crippen molar-refractivity contribution in [2.45, 2.75) is 46.6 Å². The van der Waals surface area contributed by atoms with E-state index in [-0.39, 0.29) is 6.04 Å². The number of hydrogen-bond donors (Lipinski definition) is 1. The summed E-state index contributed by atoms with van der Waals surface area (Å²) in [6.45, 7) is 9.71. The SMILES string of the molecule is CCC(N)Cc1c(C)nn(C)c1N(C)CC(C)C. The van der Waals surface area contributed by atoms with E-state index < -0.39 is 0 Å². The Balaban J connectivity index is 3.01. The van der Waals surface area contributed by atoms with Gasteiger partial charge in [-0.15, -0.1) is 0 Å². The van der Waals surface area contributed by atoms with Crippen LogP contribution in [0.3, 0.4) is 0 Å². The highest BCUT2D eigenvalue weighted by atomic mass is 15.4. The molecule has 4 heteroatoms. The molecule has 0 amide bonds. The van der Waals surface area contributed by atoms with E-state index in [2.05, 4.69) is 44.7 Å². The number of anilines is 1. The maximum atomic E-state index is 6.10. The first-order valence-corrected chi connectivity index (χ1v) is 6.85. The Kier molecular flexibility index (Phi) is 5.20. The summed E-state index contributed by atoms with van der Waals surface area (Å²) >= 11 is 0. The van der Waals surface area contributed by atoms with Crippen LogP contribution < -0.4 is 10.6 Å². The van der Waals surface area contributed by atoms with Gasteiger partial charge in [0, 0.05) is 32.2 Å². The van der Waals surface area contributed by atoms with E-state index in [9.17, 15) is 0 Å². The lowest BCUT2D eigenvalue weighted by Crippen LogP contribution is -2.28. The Labute approximate surface area is 111 Å². The zero-order valence-corrected chi connectivity index (χ0v) is 12.7. The molecule has 18 heavy (non-hydrogen) atoms. The Morgan fingerprint density at radius 2 is 2.00 bits per heavy atom. The van der Waals surface area contributed by atoms with Crippen molar-refractivity contribution in [2.24, 2.45) is 18.7 Å². The fourth-order valence-electron chi connectivity index (χ4n) is 2.45. The van der Waals surface area contributed by atoms with E-state index in [1.807, 2.05) is 11.7 Å². The fourth-order valence-corrected chi connectivity index (χ4v) is 2.45. The van der Waals surface area contributed by atoms with Crippen LogP contribution in [0.4, 0.5) is 5.82 Å². The van der Waals surface area contributed by atoms with Gasteiger partial charge in [0.15, 0.2) is 0 Å². The molecule has 0 aliphatic rings. The molecule has 1 aromatic heterocycles. The van der Waals surface area contributed by atoms with Gasteiger partial charge in [0.1, 0.15) is 5.82 Å². The summed E-state index contributed by atoms with van der Waals surface area (Å²) in [5.41, 5.74) is 8.50. The van der Waals surface area contributed by atoms with Crippen molar-refractivity contribution < 1.29 is 0 Å². The van der Waals surface area contributed by atoms with E-state index in [0.717, 1.165) is 25.1 Å². The minimum Gasteiger partial charge on any atom is -0.359 e. The van der Waals surface area contributed by atoms with Gasteiger partial charge in [-0.3, -0.25) is 4.68 Å². The third-order valence-electron chi connectivity index (χ3n) is 3.30. The summed E-state index contributed by atoms with van der Waals surface area (Å²) in [5.74, 6) is 1.85. The van der Waals surface area contributed by atoms with E-state index in [0.29, 0.717) is 5.92 Å². The predicted octanol–water partition coefficient (Wildman–Crippen LogP) is 2.10. The monoisotopic (exact) mass is 252 g/mol. The second-order valence-electron chi connectivity index (χ2n) is 5.66. The summed E-state index contributed by atoms with van der Waals surface area (Å²) in [5, 5.41) is 4.55. The maximum absolute atomic E-state index is 6.10. The van der Waals surface area contributed by atoms with Crippen molar-refractivity contribution in [1.29, 1.82) is 0 Å². The predicted molar refractivity (Wildman–Crippen MR) is 78.0 cm³/mol. The molecule has 0 spiro atoms. The van der Waals surface area contributed by atoms with Gasteiger partial charge in [-0.1, -0.05) is 20.8 Å². The lowest BCUT2D eigenvalue weighted by molar-refractivity contribution is 0.612. The van der Waals surface area contributed by atoms with Crippen molar-refractivity contribution in [3.8, 4) is 0 Å². The lowest BCUT2D eigenvalue weighted by Gasteiger charge is -2.23. The molecule has 2 N–H and O–H groups in total. The van der Waals surface area contributed by atoms with Crippen molar-refractivity contribution in [1.82, 2.24) is 9.78 Å². The normalized spacial score (nSPS) is 13.1.